The minimum absolute atomic E-state index is 0.0599. The first-order chi connectivity index (χ1) is 7.38. The fraction of sp³-hybridized carbons (Fsp3) is 0.385. The fourth-order valence-electron chi connectivity index (χ4n) is 1.56. The maximum atomic E-state index is 3.63. The van der Waals surface area contributed by atoms with E-state index in [9.17, 15) is 0 Å². The van der Waals surface area contributed by atoms with Gasteiger partial charge in [0.2, 0.25) is 0 Å². The number of allylic oxidation sites excluding steroid dienone is 1. The van der Waals surface area contributed by atoms with E-state index in [1.54, 1.807) is 0 Å². The van der Waals surface area contributed by atoms with Crippen molar-refractivity contribution in [1.82, 2.24) is 0 Å². The van der Waals surface area contributed by atoms with Crippen molar-refractivity contribution >= 4 is 29.5 Å². The summed E-state index contributed by atoms with van der Waals surface area (Å²) in [6, 6.07) is 9.96. The molecular weight excluding hydrogens is 264 g/mol. The Morgan fingerprint density at radius 3 is 2.87 bits per heavy atom. The third-order valence-electron chi connectivity index (χ3n) is 2.44. The molecule has 0 heterocycles. The smallest absolute Gasteiger partial charge is 0.103 e. The lowest BCUT2D eigenvalue weighted by molar-refractivity contribution is 0.816. The van der Waals surface area contributed by atoms with Crippen LogP contribution in [0.1, 0.15) is 37.3 Å². The second kappa shape index (κ2) is 7.89. The zero-order valence-electron chi connectivity index (χ0n) is 9.38. The van der Waals surface area contributed by atoms with Gasteiger partial charge >= 0.3 is 0 Å². The summed E-state index contributed by atoms with van der Waals surface area (Å²) in [4.78, 5) is 0. The van der Waals surface area contributed by atoms with Gasteiger partial charge in [0.1, 0.15) is 8.14 Å². The van der Waals surface area contributed by atoms with Crippen LogP contribution in [0.5, 0.6) is 0 Å². The minimum Gasteiger partial charge on any atom is -0.135 e. The van der Waals surface area contributed by atoms with E-state index in [4.69, 9.17) is 0 Å². The highest BCUT2D eigenvalue weighted by Gasteiger charge is 1.96. The van der Waals surface area contributed by atoms with Crippen LogP contribution >= 0.6 is 15.3 Å². The Morgan fingerprint density at radius 1 is 1.33 bits per heavy atom. The van der Waals surface area contributed by atoms with Crippen LogP contribution in [0.25, 0.3) is 6.08 Å². The Kier molecular flexibility index (Phi) is 6.69. The molecule has 2 heteroatoms. The molecule has 0 aliphatic carbocycles. The van der Waals surface area contributed by atoms with Crippen molar-refractivity contribution < 1.29 is 0 Å². The average Bonchev–Trinajstić information content (AvgIpc) is 2.27. The highest BCUT2D eigenvalue weighted by atomic mass is 79.9. The van der Waals surface area contributed by atoms with Gasteiger partial charge in [-0.25, -0.2) is 0 Å². The monoisotopic (exact) mass is 282 g/mol. The summed E-state index contributed by atoms with van der Waals surface area (Å²) < 4.78 is 0. The summed E-state index contributed by atoms with van der Waals surface area (Å²) in [5.74, 6) is 0. The highest BCUT2D eigenvalue weighted by Crippen LogP contribution is 2.12. The maximum absolute atomic E-state index is 3.63. The van der Waals surface area contributed by atoms with Crippen LogP contribution in [0, 0.1) is 0 Å². The first-order valence-corrected chi connectivity index (χ1v) is 10.6. The second-order valence-corrected chi connectivity index (χ2v) is 6.94. The van der Waals surface area contributed by atoms with E-state index in [1.807, 2.05) is 0 Å². The van der Waals surface area contributed by atoms with Crippen LogP contribution < -0.4 is 0 Å². The van der Waals surface area contributed by atoms with Gasteiger partial charge in [-0.3, -0.25) is 0 Å². The number of unbranched alkanes of at least 4 members (excludes halogenated alkanes) is 2. The Balaban J connectivity index is 2.62. The zero-order valence-corrected chi connectivity index (χ0v) is 12.4. The van der Waals surface area contributed by atoms with Crippen LogP contribution in [-0.2, 0) is 6.04 Å². The number of hydrogen-bond donors (Lipinski definition) is 0. The second-order valence-electron chi connectivity index (χ2n) is 3.68. The van der Waals surface area contributed by atoms with E-state index in [2.05, 4.69) is 58.6 Å². The molecule has 0 atom stereocenters. The molecule has 0 fully saturated rings. The van der Waals surface area contributed by atoms with Gasteiger partial charge in [0, 0.05) is 0 Å². The van der Waals surface area contributed by atoms with E-state index < -0.39 is 0 Å². The van der Waals surface area contributed by atoms with E-state index in [-0.39, 0.29) is 8.14 Å². The topological polar surface area (TPSA) is 0 Å². The van der Waals surface area contributed by atoms with E-state index >= 15 is 0 Å². The van der Waals surface area contributed by atoms with Crippen LogP contribution in [0.4, 0.5) is 0 Å². The average molecular weight is 283 g/mol. The summed E-state index contributed by atoms with van der Waals surface area (Å²) in [7, 11) is -0.0599. The molecule has 0 saturated carbocycles. The molecule has 0 unspecified atom stereocenters. The van der Waals surface area contributed by atoms with Crippen molar-refractivity contribution in [2.75, 3.05) is 0 Å². The third-order valence-corrected chi connectivity index (χ3v) is 4.36. The molecule has 0 N–H and O–H groups in total. The first kappa shape index (κ1) is 12.7. The number of benzene rings is 1. The van der Waals surface area contributed by atoms with E-state index in [0.29, 0.717) is 0 Å². The fourth-order valence-corrected chi connectivity index (χ4v) is 3.50. The third kappa shape index (κ3) is 4.80. The molecule has 82 valence electrons. The molecule has 0 spiro atoms. The lowest BCUT2D eigenvalue weighted by Gasteiger charge is -2.02. The molecule has 0 aromatic heterocycles. The molecular formula is C13H19BrSi. The summed E-state index contributed by atoms with van der Waals surface area (Å²) in [6.07, 6.45) is 8.36. The summed E-state index contributed by atoms with van der Waals surface area (Å²) in [5.41, 5.74) is 2.90. The van der Waals surface area contributed by atoms with Crippen LogP contribution in [0.3, 0.4) is 0 Å². The quantitative estimate of drug-likeness (QED) is 0.422. The molecule has 1 aromatic carbocycles. The van der Waals surface area contributed by atoms with Gasteiger partial charge < -0.3 is 0 Å². The molecule has 0 radical (unpaired) electrons. The van der Waals surface area contributed by atoms with Crippen LogP contribution in [0.15, 0.2) is 30.3 Å². The zero-order chi connectivity index (χ0) is 10.9. The van der Waals surface area contributed by atoms with Gasteiger partial charge in [-0.1, -0.05) is 56.2 Å². The van der Waals surface area contributed by atoms with Crippen molar-refractivity contribution in [2.24, 2.45) is 0 Å². The molecule has 0 saturated heterocycles. The van der Waals surface area contributed by atoms with Gasteiger partial charge in [-0.15, -0.1) is 15.3 Å². The molecule has 0 nitrogen and oxygen atoms in total. The number of hydrogen-bond acceptors (Lipinski definition) is 0. The molecule has 1 aromatic rings. The minimum atomic E-state index is -0.0599. The Morgan fingerprint density at radius 2 is 2.13 bits per heavy atom. The Bertz CT molecular complexity index is 307. The molecule has 1 rings (SSSR count). The van der Waals surface area contributed by atoms with Crippen molar-refractivity contribution in [1.29, 1.82) is 0 Å². The van der Waals surface area contributed by atoms with Crippen LogP contribution in [0.2, 0.25) is 0 Å². The van der Waals surface area contributed by atoms with Gasteiger partial charge in [0.25, 0.3) is 0 Å². The number of rotatable bonds is 6. The van der Waals surface area contributed by atoms with Gasteiger partial charge in [0.15, 0.2) is 0 Å². The summed E-state index contributed by atoms with van der Waals surface area (Å²) >= 11 is 3.63. The summed E-state index contributed by atoms with van der Waals surface area (Å²) in [6.45, 7) is 2.23. The Hall–Kier alpha value is -0.343. The molecule has 0 amide bonds. The van der Waals surface area contributed by atoms with Crippen molar-refractivity contribution in [2.45, 2.75) is 32.2 Å². The lowest BCUT2D eigenvalue weighted by Crippen LogP contribution is -1.91. The predicted octanol–water partition coefficient (Wildman–Crippen LogP) is 3.87. The predicted molar refractivity (Wildman–Crippen MR) is 76.2 cm³/mol. The van der Waals surface area contributed by atoms with Gasteiger partial charge in [0.05, 0.1) is 0 Å². The molecule has 0 aliphatic rings. The maximum Gasteiger partial charge on any atom is 0.103 e. The van der Waals surface area contributed by atoms with E-state index in [1.165, 1.54) is 36.4 Å². The SMILES string of the molecule is CCCCC=Cc1ccccc1C[SiH2]Br. The molecule has 0 aliphatic heterocycles. The van der Waals surface area contributed by atoms with Crippen molar-refractivity contribution in [3.05, 3.63) is 41.5 Å². The number of halogens is 1. The van der Waals surface area contributed by atoms with Crippen molar-refractivity contribution in [3.63, 3.8) is 0 Å². The van der Waals surface area contributed by atoms with E-state index in [0.717, 1.165) is 0 Å². The molecule has 15 heavy (non-hydrogen) atoms. The molecule has 0 bridgehead atoms. The van der Waals surface area contributed by atoms with Crippen molar-refractivity contribution in [3.8, 4) is 0 Å². The highest BCUT2D eigenvalue weighted by molar-refractivity contribution is 9.23. The first-order valence-electron chi connectivity index (χ1n) is 5.69. The summed E-state index contributed by atoms with van der Waals surface area (Å²) in [5, 5.41) is 0. The standard InChI is InChI=1S/C13H19BrSi/c1-2-3-4-5-8-12-9-6-7-10-13(12)11-15-14/h5-10H,2-4,11,15H2,1H3. The van der Waals surface area contributed by atoms with Crippen LogP contribution in [-0.4, -0.2) is 8.14 Å². The van der Waals surface area contributed by atoms with Gasteiger partial charge in [-0.2, -0.15) is 0 Å². The largest absolute Gasteiger partial charge is 0.135 e. The van der Waals surface area contributed by atoms with Gasteiger partial charge in [-0.05, 0) is 23.6 Å². The normalized spacial score (nSPS) is 11.9. The lowest BCUT2D eigenvalue weighted by atomic mass is 10.1. The Labute approximate surface area is 103 Å².